The molecule has 0 spiro atoms. The van der Waals surface area contributed by atoms with Gasteiger partial charge in [0.05, 0.1) is 19.3 Å². The number of nitrogens with two attached hydrogens (primary N) is 1. The van der Waals surface area contributed by atoms with E-state index in [4.69, 9.17) is 10.5 Å². The fraction of sp³-hybridized carbons (Fsp3) is 0.636. The van der Waals surface area contributed by atoms with E-state index in [1.54, 1.807) is 0 Å². The van der Waals surface area contributed by atoms with Crippen LogP contribution in [0.25, 0.3) is 0 Å². The molecule has 0 aromatic rings. The Balaban J connectivity index is 5.42. The number of ether oxygens (including phenoxy) is 2. The molecule has 19 heavy (non-hydrogen) atoms. The van der Waals surface area contributed by atoms with Crippen molar-refractivity contribution in [2.75, 3.05) is 20.3 Å². The van der Waals surface area contributed by atoms with E-state index in [9.17, 15) is 18.0 Å². The van der Waals surface area contributed by atoms with Gasteiger partial charge >= 0.3 is 12.1 Å². The molecule has 8 heteroatoms. The second-order valence-electron chi connectivity index (χ2n) is 3.58. The predicted octanol–water partition coefficient (Wildman–Crippen LogP) is 1.43. The molecule has 0 aliphatic carbocycles. The van der Waals surface area contributed by atoms with Crippen molar-refractivity contribution in [2.24, 2.45) is 10.7 Å². The van der Waals surface area contributed by atoms with Crippen LogP contribution in [0.15, 0.2) is 16.8 Å². The highest BCUT2D eigenvalue weighted by Crippen LogP contribution is 2.23. The van der Waals surface area contributed by atoms with Crippen molar-refractivity contribution in [3.8, 4) is 0 Å². The average Bonchev–Trinajstić information content (AvgIpc) is 2.28. The van der Waals surface area contributed by atoms with E-state index >= 15 is 0 Å². The first-order chi connectivity index (χ1) is 8.77. The molecule has 0 aliphatic rings. The molecule has 0 radical (unpaired) electrons. The predicted molar refractivity (Wildman–Crippen MR) is 63.7 cm³/mol. The molecule has 2 N–H and O–H groups in total. The summed E-state index contributed by atoms with van der Waals surface area (Å²) >= 11 is 0. The largest absolute Gasteiger partial charge is 0.462 e. The molecule has 0 aromatic carbocycles. The third-order valence-corrected chi connectivity index (χ3v) is 1.94. The van der Waals surface area contributed by atoms with E-state index in [2.05, 4.69) is 9.73 Å². The zero-order chi connectivity index (χ0) is 15.1. The van der Waals surface area contributed by atoms with Crippen molar-refractivity contribution >= 4 is 11.7 Å². The molecule has 0 fully saturated rings. The lowest BCUT2D eigenvalue weighted by molar-refractivity contribution is -0.138. The van der Waals surface area contributed by atoms with Crippen molar-refractivity contribution in [1.29, 1.82) is 0 Å². The Kier molecular flexibility index (Phi) is 7.13. The minimum atomic E-state index is -4.81. The maximum absolute atomic E-state index is 12.9. The molecule has 5 nitrogen and oxygen atoms in total. The van der Waals surface area contributed by atoms with E-state index in [0.29, 0.717) is 6.20 Å². The minimum Gasteiger partial charge on any atom is -0.462 e. The van der Waals surface area contributed by atoms with Crippen LogP contribution in [-0.4, -0.2) is 44.2 Å². The number of carbonyl (C=O) groups is 1. The highest BCUT2D eigenvalue weighted by atomic mass is 19.4. The van der Waals surface area contributed by atoms with Crippen LogP contribution in [0.3, 0.4) is 0 Å². The third-order valence-electron chi connectivity index (χ3n) is 1.94. The van der Waals surface area contributed by atoms with E-state index < -0.39 is 29.5 Å². The molecule has 1 atom stereocenters. The third kappa shape index (κ3) is 5.73. The molecule has 0 rings (SSSR count). The van der Waals surface area contributed by atoms with Gasteiger partial charge in [-0.25, -0.2) is 4.79 Å². The molecule has 1 unspecified atom stereocenters. The summed E-state index contributed by atoms with van der Waals surface area (Å²) in [5.41, 5.74) is 2.91. The van der Waals surface area contributed by atoms with Gasteiger partial charge in [-0.05, 0) is 13.8 Å². The number of methoxy groups -OCH3 is 1. The van der Waals surface area contributed by atoms with Gasteiger partial charge in [0.1, 0.15) is 5.57 Å². The number of nitrogens with zero attached hydrogens (tertiary/aromatic N) is 1. The van der Waals surface area contributed by atoms with Gasteiger partial charge in [0, 0.05) is 13.3 Å². The van der Waals surface area contributed by atoms with Crippen molar-refractivity contribution in [3.63, 3.8) is 0 Å². The number of halogens is 3. The van der Waals surface area contributed by atoms with E-state index in [1.165, 1.54) is 21.0 Å². The first-order valence-corrected chi connectivity index (χ1v) is 5.51. The summed E-state index contributed by atoms with van der Waals surface area (Å²) in [5, 5.41) is 0. The van der Waals surface area contributed by atoms with Gasteiger partial charge in [-0.3, -0.25) is 4.99 Å². The van der Waals surface area contributed by atoms with Crippen LogP contribution >= 0.6 is 0 Å². The summed E-state index contributed by atoms with van der Waals surface area (Å²) in [5.74, 6) is -1.16. The molecule has 0 saturated heterocycles. The number of aliphatic imine (C=N–C) groups is 1. The fourth-order valence-electron chi connectivity index (χ4n) is 1.25. The second-order valence-corrected chi connectivity index (χ2v) is 3.58. The lowest BCUT2D eigenvalue weighted by atomic mass is 10.1. The van der Waals surface area contributed by atoms with Gasteiger partial charge in [0.25, 0.3) is 0 Å². The highest BCUT2D eigenvalue weighted by molar-refractivity contribution is 6.21. The molecule has 0 amide bonds. The van der Waals surface area contributed by atoms with Gasteiger partial charge in [-0.15, -0.1) is 0 Å². The summed E-state index contributed by atoms with van der Waals surface area (Å²) in [4.78, 5) is 14.8. The summed E-state index contributed by atoms with van der Waals surface area (Å²) in [6.07, 6.45) is -4.26. The normalized spacial score (nSPS) is 15.3. The zero-order valence-electron chi connectivity index (χ0n) is 11.0. The monoisotopic (exact) mass is 282 g/mol. The lowest BCUT2D eigenvalue weighted by Crippen LogP contribution is -2.32. The number of hydrogen-bond donors (Lipinski definition) is 1. The van der Waals surface area contributed by atoms with Crippen molar-refractivity contribution in [3.05, 3.63) is 11.8 Å². The van der Waals surface area contributed by atoms with Crippen LogP contribution in [0.2, 0.25) is 0 Å². The Morgan fingerprint density at radius 2 is 2.05 bits per heavy atom. The van der Waals surface area contributed by atoms with Crippen LogP contribution in [0.4, 0.5) is 13.2 Å². The van der Waals surface area contributed by atoms with Gasteiger partial charge < -0.3 is 15.2 Å². The minimum absolute atomic E-state index is 0.0136. The topological polar surface area (TPSA) is 73.9 Å². The molecule has 0 aliphatic heterocycles. The molecule has 110 valence electrons. The van der Waals surface area contributed by atoms with Crippen molar-refractivity contribution < 1.29 is 27.4 Å². The molecule has 0 heterocycles. The van der Waals surface area contributed by atoms with E-state index in [0.717, 1.165) is 0 Å². The zero-order valence-corrected chi connectivity index (χ0v) is 11.0. The summed E-state index contributed by atoms with van der Waals surface area (Å²) in [7, 11) is 1.34. The number of alkyl halides is 3. The smallest absolute Gasteiger partial charge is 0.433 e. The fourth-order valence-corrected chi connectivity index (χ4v) is 1.25. The van der Waals surface area contributed by atoms with E-state index in [1.807, 2.05) is 0 Å². The lowest BCUT2D eigenvalue weighted by Gasteiger charge is -2.15. The van der Waals surface area contributed by atoms with Crippen molar-refractivity contribution in [1.82, 2.24) is 0 Å². The van der Waals surface area contributed by atoms with Crippen LogP contribution in [0.5, 0.6) is 0 Å². The molecule has 0 bridgehead atoms. The summed E-state index contributed by atoms with van der Waals surface area (Å²) in [6.45, 7) is 2.83. The van der Waals surface area contributed by atoms with Crippen LogP contribution in [0, 0.1) is 0 Å². The second kappa shape index (κ2) is 7.78. The Morgan fingerprint density at radius 3 is 2.42 bits per heavy atom. The molecule has 0 saturated carbocycles. The quantitative estimate of drug-likeness (QED) is 0.454. The van der Waals surface area contributed by atoms with Crippen LogP contribution < -0.4 is 5.73 Å². The maximum Gasteiger partial charge on any atom is 0.433 e. The molecular weight excluding hydrogens is 265 g/mol. The Morgan fingerprint density at radius 1 is 1.47 bits per heavy atom. The number of hydrogen-bond acceptors (Lipinski definition) is 5. The van der Waals surface area contributed by atoms with Crippen LogP contribution in [-0.2, 0) is 14.3 Å². The van der Waals surface area contributed by atoms with Gasteiger partial charge in [0.2, 0.25) is 0 Å². The molecule has 0 aromatic heterocycles. The maximum atomic E-state index is 12.9. The first-order valence-electron chi connectivity index (χ1n) is 5.51. The number of rotatable bonds is 6. The van der Waals surface area contributed by atoms with Gasteiger partial charge in [-0.1, -0.05) is 0 Å². The molecular formula is C11H17F3N2O3. The Labute approximate surface area is 109 Å². The summed E-state index contributed by atoms with van der Waals surface area (Å²) < 4.78 is 47.9. The van der Waals surface area contributed by atoms with E-state index in [-0.39, 0.29) is 13.2 Å². The first kappa shape index (κ1) is 17.4. The van der Waals surface area contributed by atoms with Gasteiger partial charge in [0.15, 0.2) is 5.71 Å². The SMILES string of the molecule is CCOC(=O)/C(=C/N)C(=NC(C)COC)C(F)(F)F. The Hall–Kier alpha value is -1.57. The average molecular weight is 282 g/mol. The Bertz CT molecular complexity index is 365. The standard InChI is InChI=1S/C11H17F3N2O3/c1-4-19-10(17)8(5-15)9(11(12,13)14)16-7(2)6-18-3/h5,7H,4,6,15H2,1-3H3/b8-5+,16-9?. The van der Waals surface area contributed by atoms with Gasteiger partial charge in [-0.2, -0.15) is 13.2 Å². The van der Waals surface area contributed by atoms with Crippen LogP contribution in [0.1, 0.15) is 13.8 Å². The van der Waals surface area contributed by atoms with Crippen molar-refractivity contribution in [2.45, 2.75) is 26.1 Å². The highest BCUT2D eigenvalue weighted by Gasteiger charge is 2.41. The number of esters is 1. The summed E-state index contributed by atoms with van der Waals surface area (Å²) in [6, 6.07) is -0.772. The number of carbonyl (C=O) groups excluding carboxylic acids is 1.